The van der Waals surface area contributed by atoms with Gasteiger partial charge in [0, 0.05) is 6.54 Å². The Kier molecular flexibility index (Phi) is 4.39. The smallest absolute Gasteiger partial charge is 0.214 e. The SMILES string of the molecule is COc1cc(CNS(=O)(=O)C2CC2)cc(OC)c1OC. The molecular formula is C13H19NO5S. The molecule has 0 atom stereocenters. The first-order chi connectivity index (χ1) is 9.51. The molecule has 0 saturated heterocycles. The average Bonchev–Trinajstić information content (AvgIpc) is 3.28. The van der Waals surface area contributed by atoms with Crippen LogP contribution in [-0.4, -0.2) is 35.0 Å². The van der Waals surface area contributed by atoms with Crippen molar-refractivity contribution in [2.75, 3.05) is 21.3 Å². The van der Waals surface area contributed by atoms with Crippen LogP contribution in [0.1, 0.15) is 18.4 Å². The summed E-state index contributed by atoms with van der Waals surface area (Å²) in [6, 6.07) is 3.47. The maximum atomic E-state index is 11.8. The molecule has 1 aromatic carbocycles. The molecule has 20 heavy (non-hydrogen) atoms. The zero-order valence-corrected chi connectivity index (χ0v) is 12.6. The van der Waals surface area contributed by atoms with Gasteiger partial charge in [0.1, 0.15) is 0 Å². The lowest BCUT2D eigenvalue weighted by Gasteiger charge is -2.14. The van der Waals surface area contributed by atoms with Gasteiger partial charge in [-0.2, -0.15) is 0 Å². The second kappa shape index (κ2) is 5.88. The Morgan fingerprint density at radius 1 is 1.10 bits per heavy atom. The summed E-state index contributed by atoms with van der Waals surface area (Å²) in [4.78, 5) is 0. The van der Waals surface area contributed by atoms with E-state index in [1.54, 1.807) is 12.1 Å². The Hall–Kier alpha value is -1.47. The largest absolute Gasteiger partial charge is 0.493 e. The number of rotatable bonds is 7. The van der Waals surface area contributed by atoms with Crippen molar-refractivity contribution in [1.82, 2.24) is 4.72 Å². The predicted octanol–water partition coefficient (Wildman–Crippen LogP) is 1.29. The summed E-state index contributed by atoms with van der Waals surface area (Å²) in [5.74, 6) is 1.50. The topological polar surface area (TPSA) is 73.9 Å². The number of methoxy groups -OCH3 is 3. The lowest BCUT2D eigenvalue weighted by atomic mass is 10.2. The van der Waals surface area contributed by atoms with E-state index in [1.165, 1.54) is 21.3 Å². The molecule has 0 unspecified atom stereocenters. The van der Waals surface area contributed by atoms with Crippen molar-refractivity contribution >= 4 is 10.0 Å². The fourth-order valence-corrected chi connectivity index (χ4v) is 3.28. The molecule has 0 amide bonds. The van der Waals surface area contributed by atoms with E-state index in [-0.39, 0.29) is 11.8 Å². The van der Waals surface area contributed by atoms with Crippen molar-refractivity contribution in [2.45, 2.75) is 24.6 Å². The molecule has 0 aromatic heterocycles. The van der Waals surface area contributed by atoms with Crippen LogP contribution < -0.4 is 18.9 Å². The normalized spacial score (nSPS) is 14.9. The van der Waals surface area contributed by atoms with Gasteiger partial charge in [0.05, 0.1) is 26.6 Å². The van der Waals surface area contributed by atoms with E-state index in [0.717, 1.165) is 18.4 Å². The fraction of sp³-hybridized carbons (Fsp3) is 0.538. The molecule has 1 N–H and O–H groups in total. The minimum absolute atomic E-state index is 0.204. The lowest BCUT2D eigenvalue weighted by Crippen LogP contribution is -2.26. The van der Waals surface area contributed by atoms with E-state index in [2.05, 4.69) is 4.72 Å². The molecule has 1 saturated carbocycles. The first-order valence-corrected chi connectivity index (χ1v) is 7.83. The van der Waals surface area contributed by atoms with E-state index >= 15 is 0 Å². The molecule has 1 aromatic rings. The van der Waals surface area contributed by atoms with E-state index < -0.39 is 10.0 Å². The number of ether oxygens (including phenoxy) is 3. The van der Waals surface area contributed by atoms with E-state index in [9.17, 15) is 8.42 Å². The van der Waals surface area contributed by atoms with Gasteiger partial charge in [0.15, 0.2) is 11.5 Å². The second-order valence-corrected chi connectivity index (χ2v) is 6.64. The molecule has 0 radical (unpaired) electrons. The zero-order valence-electron chi connectivity index (χ0n) is 11.8. The quantitative estimate of drug-likeness (QED) is 0.821. The Balaban J connectivity index is 2.19. The molecule has 2 rings (SSSR count). The van der Waals surface area contributed by atoms with E-state index in [1.807, 2.05) is 0 Å². The van der Waals surface area contributed by atoms with Crippen LogP contribution in [0.15, 0.2) is 12.1 Å². The van der Waals surface area contributed by atoms with Gasteiger partial charge in [0.25, 0.3) is 0 Å². The second-order valence-electron chi connectivity index (χ2n) is 4.60. The number of benzene rings is 1. The minimum atomic E-state index is -3.20. The summed E-state index contributed by atoms with van der Waals surface area (Å²) in [5, 5.41) is -0.232. The van der Waals surface area contributed by atoms with Crippen LogP contribution in [0.25, 0.3) is 0 Å². The van der Waals surface area contributed by atoms with Crippen LogP contribution in [0.3, 0.4) is 0 Å². The van der Waals surface area contributed by atoms with Crippen molar-refractivity contribution in [3.63, 3.8) is 0 Å². The highest BCUT2D eigenvalue weighted by atomic mass is 32.2. The number of hydrogen-bond donors (Lipinski definition) is 1. The third kappa shape index (κ3) is 3.16. The molecule has 0 heterocycles. The molecule has 1 fully saturated rings. The van der Waals surface area contributed by atoms with Crippen molar-refractivity contribution < 1.29 is 22.6 Å². The van der Waals surface area contributed by atoms with E-state index in [4.69, 9.17) is 14.2 Å². The first-order valence-electron chi connectivity index (χ1n) is 6.29. The summed E-state index contributed by atoms with van der Waals surface area (Å²) in [6.45, 7) is 0.204. The number of sulfonamides is 1. The molecule has 112 valence electrons. The van der Waals surface area contributed by atoms with E-state index in [0.29, 0.717) is 17.2 Å². The first kappa shape index (κ1) is 14.9. The summed E-state index contributed by atoms with van der Waals surface area (Å²) in [5.41, 5.74) is 0.753. The van der Waals surface area contributed by atoms with Crippen LogP contribution >= 0.6 is 0 Å². The lowest BCUT2D eigenvalue weighted by molar-refractivity contribution is 0.323. The maximum absolute atomic E-state index is 11.8. The summed E-state index contributed by atoms with van der Waals surface area (Å²) < 4.78 is 41.9. The van der Waals surface area contributed by atoms with Gasteiger partial charge in [0.2, 0.25) is 15.8 Å². The van der Waals surface area contributed by atoms with Crippen LogP contribution in [0, 0.1) is 0 Å². The number of nitrogens with one attached hydrogen (secondary N) is 1. The highest BCUT2D eigenvalue weighted by Crippen LogP contribution is 2.38. The number of hydrogen-bond acceptors (Lipinski definition) is 5. The molecular weight excluding hydrogens is 282 g/mol. The third-order valence-corrected chi connectivity index (χ3v) is 5.06. The summed E-state index contributed by atoms with van der Waals surface area (Å²) in [7, 11) is 1.37. The zero-order chi connectivity index (χ0) is 14.8. The highest BCUT2D eigenvalue weighted by molar-refractivity contribution is 7.90. The summed E-state index contributed by atoms with van der Waals surface area (Å²) >= 11 is 0. The van der Waals surface area contributed by atoms with Crippen LogP contribution in [-0.2, 0) is 16.6 Å². The van der Waals surface area contributed by atoms with Crippen LogP contribution in [0.5, 0.6) is 17.2 Å². The van der Waals surface area contributed by atoms with Gasteiger partial charge in [-0.1, -0.05) is 0 Å². The molecule has 0 spiro atoms. The van der Waals surface area contributed by atoms with Gasteiger partial charge in [-0.25, -0.2) is 13.1 Å². The molecule has 0 bridgehead atoms. The van der Waals surface area contributed by atoms with Gasteiger partial charge < -0.3 is 14.2 Å². The standard InChI is InChI=1S/C13H19NO5S/c1-17-11-6-9(7-12(18-2)13(11)19-3)8-14-20(15,16)10-4-5-10/h6-7,10,14H,4-5,8H2,1-3H3. The molecule has 6 nitrogen and oxygen atoms in total. The Morgan fingerprint density at radius 2 is 1.65 bits per heavy atom. The molecule has 7 heteroatoms. The van der Waals surface area contributed by atoms with Crippen LogP contribution in [0.2, 0.25) is 0 Å². The molecule has 1 aliphatic rings. The Labute approximate surface area is 119 Å². The third-order valence-electron chi connectivity index (χ3n) is 3.17. The van der Waals surface area contributed by atoms with Crippen LogP contribution in [0.4, 0.5) is 0 Å². The average molecular weight is 301 g/mol. The van der Waals surface area contributed by atoms with Crippen molar-refractivity contribution in [1.29, 1.82) is 0 Å². The Morgan fingerprint density at radius 3 is 2.05 bits per heavy atom. The van der Waals surface area contributed by atoms with Gasteiger partial charge in [-0.15, -0.1) is 0 Å². The minimum Gasteiger partial charge on any atom is -0.493 e. The van der Waals surface area contributed by atoms with Crippen molar-refractivity contribution in [3.05, 3.63) is 17.7 Å². The molecule has 0 aliphatic heterocycles. The van der Waals surface area contributed by atoms with Gasteiger partial charge >= 0.3 is 0 Å². The van der Waals surface area contributed by atoms with Gasteiger partial charge in [-0.3, -0.25) is 0 Å². The fourth-order valence-electron chi connectivity index (χ4n) is 1.92. The summed E-state index contributed by atoms with van der Waals surface area (Å²) in [6.07, 6.45) is 1.48. The Bertz CT molecular complexity index is 555. The molecule has 1 aliphatic carbocycles. The van der Waals surface area contributed by atoms with Crippen molar-refractivity contribution in [3.8, 4) is 17.2 Å². The highest BCUT2D eigenvalue weighted by Gasteiger charge is 2.35. The maximum Gasteiger partial charge on any atom is 0.214 e. The van der Waals surface area contributed by atoms with Crippen molar-refractivity contribution in [2.24, 2.45) is 0 Å². The monoisotopic (exact) mass is 301 g/mol. The van der Waals surface area contributed by atoms with Gasteiger partial charge in [-0.05, 0) is 30.5 Å². The predicted molar refractivity (Wildman–Crippen MR) is 74.9 cm³/mol.